The van der Waals surface area contributed by atoms with E-state index in [0.29, 0.717) is 0 Å². The van der Waals surface area contributed by atoms with Gasteiger partial charge in [0.1, 0.15) is 0 Å². The van der Waals surface area contributed by atoms with Gasteiger partial charge in [0, 0.05) is 0 Å². The summed E-state index contributed by atoms with van der Waals surface area (Å²) in [5, 5.41) is 0. The molecule has 1 fully saturated rings. The summed E-state index contributed by atoms with van der Waals surface area (Å²) in [6, 6.07) is 0. The lowest BCUT2D eigenvalue weighted by Gasteiger charge is -2.10. The van der Waals surface area contributed by atoms with Gasteiger partial charge in [0.2, 0.25) is 0 Å². The molecule has 0 aromatic heterocycles. The average Bonchev–Trinajstić information content (AvgIpc) is 0.722. The summed E-state index contributed by atoms with van der Waals surface area (Å²) < 4.78 is 9.56. The van der Waals surface area contributed by atoms with Crippen molar-refractivity contribution in [3.63, 3.8) is 0 Å². The van der Waals surface area contributed by atoms with E-state index in [1.807, 2.05) is 0 Å². The molecule has 0 unspecified atom stereocenters. The third kappa shape index (κ3) is 1.27. The lowest BCUT2D eigenvalue weighted by atomic mass is 12.0. The smallest absolute Gasteiger partial charge is 0.286 e. The Balaban J connectivity index is 0.000000160. The van der Waals surface area contributed by atoms with E-state index in [1.165, 1.54) is 0 Å². The molecule has 0 aromatic carbocycles. The highest BCUT2D eigenvalue weighted by Gasteiger charge is 1.96. The number of hydrogen-bond acceptors (Lipinski definition) is 2. The molecule has 32 valence electrons. The standard InChI is InChI=1S/CH4.H4O2Si2/c;1-3-2-4-1/h1H4;3-4H2. The molecular weight excluding hydrogens is 100 g/mol. The van der Waals surface area contributed by atoms with Gasteiger partial charge in [-0.25, -0.2) is 0 Å². The van der Waals surface area contributed by atoms with Gasteiger partial charge in [0.15, 0.2) is 0 Å². The van der Waals surface area contributed by atoms with Crippen molar-refractivity contribution in [3.8, 4) is 0 Å². The molecular formula is CH8O2Si2. The highest BCUT2D eigenvalue weighted by atomic mass is 28.4. The predicted octanol–water partition coefficient (Wildman–Crippen LogP) is -1.33. The Morgan fingerprint density at radius 3 is 1.20 bits per heavy atom. The van der Waals surface area contributed by atoms with E-state index < -0.39 is 0 Å². The average molecular weight is 108 g/mol. The molecule has 5 heavy (non-hydrogen) atoms. The Morgan fingerprint density at radius 1 is 1.00 bits per heavy atom. The fourth-order valence-electron chi connectivity index (χ4n) is 0.0833. The summed E-state index contributed by atoms with van der Waals surface area (Å²) in [5.74, 6) is 0. The van der Waals surface area contributed by atoms with Gasteiger partial charge < -0.3 is 8.23 Å². The fraction of sp³-hybridized carbons (Fsp3) is 1.00. The van der Waals surface area contributed by atoms with Crippen LogP contribution in [-0.2, 0) is 8.23 Å². The van der Waals surface area contributed by atoms with Crippen LogP contribution in [0, 0.1) is 0 Å². The van der Waals surface area contributed by atoms with Crippen LogP contribution in [0.5, 0.6) is 0 Å². The number of rotatable bonds is 0. The van der Waals surface area contributed by atoms with Crippen LogP contribution < -0.4 is 0 Å². The Bertz CT molecular complexity index is 15.6. The van der Waals surface area contributed by atoms with Gasteiger partial charge in [-0.1, -0.05) is 7.43 Å². The summed E-state index contributed by atoms with van der Waals surface area (Å²) >= 11 is 0. The molecule has 1 heterocycles. The summed E-state index contributed by atoms with van der Waals surface area (Å²) in [6.07, 6.45) is 0. The van der Waals surface area contributed by atoms with Gasteiger partial charge >= 0.3 is 0 Å². The minimum Gasteiger partial charge on any atom is -0.425 e. The van der Waals surface area contributed by atoms with E-state index in [0.717, 1.165) is 0 Å². The Hall–Kier alpha value is 0.354. The third-order valence-electron chi connectivity index (χ3n) is 0.333. The van der Waals surface area contributed by atoms with Crippen molar-refractivity contribution in [2.24, 2.45) is 0 Å². The molecule has 1 aliphatic heterocycles. The van der Waals surface area contributed by atoms with Crippen molar-refractivity contribution in [3.05, 3.63) is 0 Å². The van der Waals surface area contributed by atoms with Gasteiger partial charge in [0.05, 0.1) is 0 Å². The van der Waals surface area contributed by atoms with E-state index in [9.17, 15) is 0 Å². The molecule has 0 saturated carbocycles. The second kappa shape index (κ2) is 2.58. The Morgan fingerprint density at radius 2 is 1.20 bits per heavy atom. The molecule has 0 N–H and O–H groups in total. The molecule has 1 saturated heterocycles. The van der Waals surface area contributed by atoms with Crippen molar-refractivity contribution in [1.29, 1.82) is 0 Å². The first-order chi connectivity index (χ1) is 2.00. The van der Waals surface area contributed by atoms with Gasteiger partial charge in [-0.05, 0) is 0 Å². The van der Waals surface area contributed by atoms with Crippen molar-refractivity contribution < 1.29 is 8.23 Å². The summed E-state index contributed by atoms with van der Waals surface area (Å²) in [5.41, 5.74) is 0. The highest BCUT2D eigenvalue weighted by Crippen LogP contribution is 1.78. The summed E-state index contributed by atoms with van der Waals surface area (Å²) in [7, 11) is -0.667. The maximum absolute atomic E-state index is 4.78. The van der Waals surface area contributed by atoms with Crippen LogP contribution in [0.15, 0.2) is 0 Å². The maximum atomic E-state index is 4.78. The molecule has 1 aliphatic rings. The fourth-order valence-corrected chi connectivity index (χ4v) is 0.750. The van der Waals surface area contributed by atoms with Crippen LogP contribution >= 0.6 is 0 Å². The first kappa shape index (κ1) is 5.35. The molecule has 0 atom stereocenters. The molecule has 0 spiro atoms. The van der Waals surface area contributed by atoms with Crippen molar-refractivity contribution in [2.75, 3.05) is 0 Å². The second-order valence-corrected chi connectivity index (χ2v) is 4.38. The van der Waals surface area contributed by atoms with Gasteiger partial charge in [-0.3, -0.25) is 0 Å². The lowest BCUT2D eigenvalue weighted by Crippen LogP contribution is -2.23. The third-order valence-corrected chi connectivity index (χ3v) is 3.00. The van der Waals surface area contributed by atoms with Crippen LogP contribution in [0.2, 0.25) is 0 Å². The molecule has 0 aliphatic carbocycles. The molecule has 1 rings (SSSR count). The second-order valence-electron chi connectivity index (χ2n) is 0.644. The van der Waals surface area contributed by atoms with Crippen LogP contribution in [0.3, 0.4) is 0 Å². The number of hydrogen-bond donors (Lipinski definition) is 0. The topological polar surface area (TPSA) is 18.5 Å². The maximum Gasteiger partial charge on any atom is 0.286 e. The van der Waals surface area contributed by atoms with Crippen molar-refractivity contribution >= 4 is 20.0 Å². The minimum absolute atomic E-state index is 0. The monoisotopic (exact) mass is 108 g/mol. The van der Waals surface area contributed by atoms with E-state index in [2.05, 4.69) is 0 Å². The molecule has 4 heteroatoms. The van der Waals surface area contributed by atoms with Gasteiger partial charge in [-0.2, -0.15) is 0 Å². The largest absolute Gasteiger partial charge is 0.425 e. The highest BCUT2D eigenvalue weighted by molar-refractivity contribution is 6.49. The Labute approximate surface area is 36.6 Å². The quantitative estimate of drug-likeness (QED) is 0.358. The first-order valence-electron chi connectivity index (χ1n) is 1.15. The van der Waals surface area contributed by atoms with Gasteiger partial charge in [-0.15, -0.1) is 0 Å². The zero-order chi connectivity index (χ0) is 2.83. The van der Waals surface area contributed by atoms with Crippen LogP contribution in [0.1, 0.15) is 7.43 Å². The zero-order valence-corrected chi connectivity index (χ0v) is 5.06. The van der Waals surface area contributed by atoms with Crippen molar-refractivity contribution in [1.82, 2.24) is 0 Å². The van der Waals surface area contributed by atoms with Crippen molar-refractivity contribution in [2.45, 2.75) is 7.43 Å². The zero-order valence-electron chi connectivity index (χ0n) is 2.23. The molecule has 0 amide bonds. The van der Waals surface area contributed by atoms with Gasteiger partial charge in [0.25, 0.3) is 20.0 Å². The minimum atomic E-state index is -0.333. The van der Waals surface area contributed by atoms with E-state index in [4.69, 9.17) is 8.23 Å². The van der Waals surface area contributed by atoms with E-state index in [1.54, 1.807) is 0 Å². The first-order valence-corrected chi connectivity index (χ1v) is 3.46. The molecule has 2 nitrogen and oxygen atoms in total. The molecule has 0 radical (unpaired) electrons. The van der Waals surface area contributed by atoms with E-state index >= 15 is 0 Å². The molecule has 0 bridgehead atoms. The molecule has 0 aromatic rings. The van der Waals surface area contributed by atoms with Crippen LogP contribution in [-0.4, -0.2) is 20.0 Å². The summed E-state index contributed by atoms with van der Waals surface area (Å²) in [6.45, 7) is 0. The van der Waals surface area contributed by atoms with E-state index in [-0.39, 0.29) is 27.4 Å². The lowest BCUT2D eigenvalue weighted by molar-refractivity contribution is 0.346. The Kier molecular flexibility index (Phi) is 2.77. The summed E-state index contributed by atoms with van der Waals surface area (Å²) in [4.78, 5) is 0. The van der Waals surface area contributed by atoms with Crippen LogP contribution in [0.4, 0.5) is 0 Å². The normalized spacial score (nSPS) is 28.8. The van der Waals surface area contributed by atoms with Crippen LogP contribution in [0.25, 0.3) is 0 Å². The SMILES string of the molecule is C.O1[SiH2]O[SiH2]1. The predicted molar refractivity (Wildman–Crippen MR) is 26.0 cm³/mol.